The summed E-state index contributed by atoms with van der Waals surface area (Å²) < 4.78 is 10.4. The van der Waals surface area contributed by atoms with Crippen LogP contribution in [0.15, 0.2) is 12.2 Å². The first-order valence-corrected chi connectivity index (χ1v) is 8.76. The molecule has 0 saturated heterocycles. The van der Waals surface area contributed by atoms with Gasteiger partial charge in [0.2, 0.25) is 0 Å². The van der Waals surface area contributed by atoms with Crippen molar-refractivity contribution in [3.63, 3.8) is 0 Å². The quantitative estimate of drug-likeness (QED) is 0.576. The molecule has 4 unspecified atom stereocenters. The molecule has 2 rings (SSSR count). The maximum absolute atomic E-state index is 11.9. The Balaban J connectivity index is 1.68. The number of hydrogen-bond donors (Lipinski definition) is 1. The number of amides is 1. The molecule has 0 aromatic rings. The van der Waals surface area contributed by atoms with Gasteiger partial charge in [0.15, 0.2) is 0 Å². The molecule has 5 heteroatoms. The number of nitrogens with one attached hydrogen (secondary N) is 1. The Morgan fingerprint density at radius 1 is 1.30 bits per heavy atom. The molecule has 0 aromatic carbocycles. The van der Waals surface area contributed by atoms with E-state index >= 15 is 0 Å². The Kier molecular flexibility index (Phi) is 6.48. The SMILES string of the molecule is C=C(C)C(=O)OCC(CC)OC(=O)NCC1CC2CCCC1C2. The van der Waals surface area contributed by atoms with E-state index in [0.29, 0.717) is 24.5 Å². The Morgan fingerprint density at radius 3 is 2.74 bits per heavy atom. The van der Waals surface area contributed by atoms with Crippen molar-refractivity contribution < 1.29 is 19.1 Å². The van der Waals surface area contributed by atoms with Gasteiger partial charge in [-0.05, 0) is 43.9 Å². The maximum atomic E-state index is 11.9. The normalized spacial score (nSPS) is 27.1. The topological polar surface area (TPSA) is 64.6 Å². The van der Waals surface area contributed by atoms with Crippen LogP contribution in [0.5, 0.6) is 0 Å². The lowest BCUT2D eigenvalue weighted by molar-refractivity contribution is -0.142. The molecule has 2 fully saturated rings. The molecule has 4 atom stereocenters. The van der Waals surface area contributed by atoms with Crippen molar-refractivity contribution in [1.29, 1.82) is 0 Å². The van der Waals surface area contributed by atoms with Crippen LogP contribution in [0.1, 0.15) is 52.4 Å². The van der Waals surface area contributed by atoms with Crippen molar-refractivity contribution >= 4 is 12.1 Å². The van der Waals surface area contributed by atoms with Crippen LogP contribution in [0, 0.1) is 17.8 Å². The predicted octanol–water partition coefficient (Wildman–Crippen LogP) is 3.44. The van der Waals surface area contributed by atoms with Crippen molar-refractivity contribution in [3.05, 3.63) is 12.2 Å². The van der Waals surface area contributed by atoms with Crippen LogP contribution in [0.4, 0.5) is 4.79 Å². The van der Waals surface area contributed by atoms with Gasteiger partial charge in [0.1, 0.15) is 12.7 Å². The molecule has 0 aliphatic heterocycles. The zero-order valence-corrected chi connectivity index (χ0v) is 14.3. The Morgan fingerprint density at radius 2 is 2.09 bits per heavy atom. The van der Waals surface area contributed by atoms with E-state index in [9.17, 15) is 9.59 Å². The molecule has 23 heavy (non-hydrogen) atoms. The van der Waals surface area contributed by atoms with E-state index in [1.807, 2.05) is 6.92 Å². The number of esters is 1. The number of fused-ring (bicyclic) bond motifs is 2. The lowest BCUT2D eigenvalue weighted by Crippen LogP contribution is -2.35. The molecule has 5 nitrogen and oxygen atoms in total. The molecule has 0 radical (unpaired) electrons. The summed E-state index contributed by atoms with van der Waals surface area (Å²) in [6.45, 7) is 7.78. The molecule has 1 N–H and O–H groups in total. The molecule has 0 heterocycles. The molecule has 0 aromatic heterocycles. The average Bonchev–Trinajstić information content (AvgIpc) is 2.82. The zero-order chi connectivity index (χ0) is 16.8. The largest absolute Gasteiger partial charge is 0.458 e. The number of alkyl carbamates (subject to hydrolysis) is 1. The first-order valence-electron chi connectivity index (χ1n) is 8.76. The first-order chi connectivity index (χ1) is 11.0. The summed E-state index contributed by atoms with van der Waals surface area (Å²) in [6, 6.07) is 0. The fraction of sp³-hybridized carbons (Fsp3) is 0.778. The summed E-state index contributed by atoms with van der Waals surface area (Å²) in [6.07, 6.45) is 6.32. The van der Waals surface area contributed by atoms with Gasteiger partial charge in [-0.3, -0.25) is 0 Å². The Labute approximate surface area is 138 Å². The van der Waals surface area contributed by atoms with E-state index in [1.165, 1.54) is 32.1 Å². The second-order valence-corrected chi connectivity index (χ2v) is 6.98. The molecule has 2 bridgehead atoms. The van der Waals surface area contributed by atoms with Gasteiger partial charge in [-0.2, -0.15) is 0 Å². The van der Waals surface area contributed by atoms with Crippen LogP contribution in [0.25, 0.3) is 0 Å². The third-order valence-corrected chi connectivity index (χ3v) is 5.11. The summed E-state index contributed by atoms with van der Waals surface area (Å²) in [5, 5.41) is 2.89. The summed E-state index contributed by atoms with van der Waals surface area (Å²) >= 11 is 0. The van der Waals surface area contributed by atoms with Gasteiger partial charge in [-0.1, -0.05) is 32.8 Å². The van der Waals surface area contributed by atoms with Crippen LogP contribution in [0.2, 0.25) is 0 Å². The van der Waals surface area contributed by atoms with E-state index in [-0.39, 0.29) is 6.61 Å². The second kappa shape index (κ2) is 8.37. The number of carbonyl (C=O) groups excluding carboxylic acids is 2. The van der Waals surface area contributed by atoms with Gasteiger partial charge < -0.3 is 14.8 Å². The van der Waals surface area contributed by atoms with Gasteiger partial charge in [-0.25, -0.2) is 9.59 Å². The van der Waals surface area contributed by atoms with Gasteiger partial charge in [0.25, 0.3) is 0 Å². The minimum Gasteiger partial charge on any atom is -0.458 e. The van der Waals surface area contributed by atoms with E-state index in [2.05, 4.69) is 11.9 Å². The fourth-order valence-corrected chi connectivity index (χ4v) is 3.78. The van der Waals surface area contributed by atoms with E-state index in [4.69, 9.17) is 9.47 Å². The van der Waals surface area contributed by atoms with Crippen molar-refractivity contribution in [3.8, 4) is 0 Å². The highest BCUT2D eigenvalue weighted by molar-refractivity contribution is 5.86. The molecule has 0 spiro atoms. The number of carbonyl (C=O) groups is 2. The van der Waals surface area contributed by atoms with E-state index in [1.54, 1.807) is 6.92 Å². The van der Waals surface area contributed by atoms with Gasteiger partial charge in [-0.15, -0.1) is 0 Å². The summed E-state index contributed by atoms with van der Waals surface area (Å²) in [4.78, 5) is 23.3. The van der Waals surface area contributed by atoms with Gasteiger partial charge >= 0.3 is 12.1 Å². The summed E-state index contributed by atoms with van der Waals surface area (Å²) in [5.41, 5.74) is 0.344. The highest BCUT2D eigenvalue weighted by Crippen LogP contribution is 2.45. The van der Waals surface area contributed by atoms with Crippen LogP contribution >= 0.6 is 0 Å². The third kappa shape index (κ3) is 5.26. The number of ether oxygens (including phenoxy) is 2. The molecule has 130 valence electrons. The lowest BCUT2D eigenvalue weighted by Gasteiger charge is -2.22. The van der Waals surface area contributed by atoms with Crippen molar-refractivity contribution in [2.45, 2.75) is 58.5 Å². The van der Waals surface area contributed by atoms with Crippen molar-refractivity contribution in [1.82, 2.24) is 5.32 Å². The Bertz CT molecular complexity index is 448. The zero-order valence-electron chi connectivity index (χ0n) is 14.3. The standard InChI is InChI=1S/C18H29NO4/c1-4-16(11-22-17(20)12(2)3)23-18(21)19-10-15-9-13-6-5-7-14(15)8-13/h13-16H,2,4-11H2,1,3H3,(H,19,21). The minimum atomic E-state index is -0.453. The molecular weight excluding hydrogens is 294 g/mol. The lowest BCUT2D eigenvalue weighted by atomic mass is 9.87. The van der Waals surface area contributed by atoms with Gasteiger partial charge in [0, 0.05) is 12.1 Å². The van der Waals surface area contributed by atoms with E-state index < -0.39 is 18.2 Å². The van der Waals surface area contributed by atoms with Crippen LogP contribution < -0.4 is 5.32 Å². The smallest absolute Gasteiger partial charge is 0.407 e. The molecule has 1 amide bonds. The summed E-state index contributed by atoms with van der Waals surface area (Å²) in [5.74, 6) is 1.77. The second-order valence-electron chi connectivity index (χ2n) is 6.98. The predicted molar refractivity (Wildman–Crippen MR) is 87.9 cm³/mol. The van der Waals surface area contributed by atoms with Crippen LogP contribution in [-0.2, 0) is 14.3 Å². The molecular formula is C18H29NO4. The monoisotopic (exact) mass is 323 g/mol. The fourth-order valence-electron chi connectivity index (χ4n) is 3.78. The number of hydrogen-bond acceptors (Lipinski definition) is 4. The maximum Gasteiger partial charge on any atom is 0.407 e. The Hall–Kier alpha value is -1.52. The van der Waals surface area contributed by atoms with Crippen LogP contribution in [0.3, 0.4) is 0 Å². The van der Waals surface area contributed by atoms with Crippen molar-refractivity contribution in [2.75, 3.05) is 13.2 Å². The minimum absolute atomic E-state index is 0.0732. The van der Waals surface area contributed by atoms with Gasteiger partial charge in [0.05, 0.1) is 0 Å². The highest BCUT2D eigenvalue weighted by Gasteiger charge is 2.36. The van der Waals surface area contributed by atoms with Crippen molar-refractivity contribution in [2.24, 2.45) is 17.8 Å². The molecule has 2 saturated carbocycles. The number of rotatable bonds is 7. The highest BCUT2D eigenvalue weighted by atomic mass is 16.6. The summed E-state index contributed by atoms with van der Waals surface area (Å²) in [7, 11) is 0. The van der Waals surface area contributed by atoms with Crippen LogP contribution in [-0.4, -0.2) is 31.3 Å². The molecule has 2 aliphatic rings. The first kappa shape index (κ1) is 17.8. The molecule has 2 aliphatic carbocycles. The third-order valence-electron chi connectivity index (χ3n) is 5.11. The average molecular weight is 323 g/mol. The van der Waals surface area contributed by atoms with E-state index in [0.717, 1.165) is 11.8 Å².